The topological polar surface area (TPSA) is 75.4 Å². The number of hydrogen-bond acceptors (Lipinski definition) is 3. The number of nitrogen functional groups attached to an aromatic ring is 1. The molecule has 0 aliphatic rings. The summed E-state index contributed by atoms with van der Waals surface area (Å²) in [5.41, 5.74) is 7.93. The molecule has 0 unspecified atom stereocenters. The minimum absolute atomic E-state index is 0.0239. The fraction of sp³-hybridized carbons (Fsp3) is 0.0556. The van der Waals surface area contributed by atoms with Gasteiger partial charge in [0.05, 0.1) is 5.56 Å². The molecule has 0 heterocycles. The van der Waals surface area contributed by atoms with Crippen molar-refractivity contribution in [3.8, 4) is 5.75 Å². The van der Waals surface area contributed by atoms with E-state index in [0.717, 1.165) is 16.3 Å². The number of amides is 1. The summed E-state index contributed by atoms with van der Waals surface area (Å²) in [5.74, 6) is -0.366. The van der Waals surface area contributed by atoms with Crippen LogP contribution in [-0.4, -0.2) is 11.0 Å². The molecule has 0 radical (unpaired) electrons. The van der Waals surface area contributed by atoms with Gasteiger partial charge in [-0.1, -0.05) is 24.3 Å². The van der Waals surface area contributed by atoms with Crippen molar-refractivity contribution in [3.63, 3.8) is 0 Å². The molecule has 3 aromatic rings. The predicted molar refractivity (Wildman–Crippen MR) is 89.2 cm³/mol. The summed E-state index contributed by atoms with van der Waals surface area (Å²) in [5, 5.41) is 14.8. The average molecular weight is 292 g/mol. The largest absolute Gasteiger partial charge is 0.507 e. The van der Waals surface area contributed by atoms with Crippen LogP contribution in [0, 0.1) is 6.92 Å². The van der Waals surface area contributed by atoms with Crippen LogP contribution in [0.5, 0.6) is 5.75 Å². The van der Waals surface area contributed by atoms with Gasteiger partial charge in [-0.2, -0.15) is 0 Å². The number of carbonyl (C=O) groups excluding carboxylic acids is 1. The number of phenolic OH excluding ortho intramolecular Hbond substituents is 1. The fourth-order valence-corrected chi connectivity index (χ4v) is 2.56. The predicted octanol–water partition coefficient (Wildman–Crippen LogP) is 3.69. The number of carbonyl (C=O) groups is 1. The lowest BCUT2D eigenvalue weighted by atomic mass is 9.98. The molecule has 4 nitrogen and oxygen atoms in total. The van der Waals surface area contributed by atoms with Gasteiger partial charge in [0.25, 0.3) is 5.91 Å². The van der Waals surface area contributed by atoms with Crippen molar-refractivity contribution in [3.05, 3.63) is 65.7 Å². The third-order valence-corrected chi connectivity index (χ3v) is 3.68. The quantitative estimate of drug-likeness (QED) is 0.630. The lowest BCUT2D eigenvalue weighted by Crippen LogP contribution is -2.14. The molecule has 4 heteroatoms. The van der Waals surface area contributed by atoms with Gasteiger partial charge in [0, 0.05) is 11.4 Å². The Balaban J connectivity index is 2.02. The molecule has 1 amide bonds. The molecule has 0 aliphatic carbocycles. The van der Waals surface area contributed by atoms with Gasteiger partial charge in [-0.3, -0.25) is 4.79 Å². The van der Waals surface area contributed by atoms with E-state index in [1.165, 1.54) is 0 Å². The number of aromatic hydroxyl groups is 1. The minimum atomic E-state index is -0.342. The third-order valence-electron chi connectivity index (χ3n) is 3.68. The van der Waals surface area contributed by atoms with Crippen LogP contribution in [0.2, 0.25) is 0 Å². The highest BCUT2D eigenvalue weighted by Crippen LogP contribution is 2.30. The average Bonchev–Trinajstić information content (AvgIpc) is 2.49. The molecule has 110 valence electrons. The Hall–Kier alpha value is -3.01. The molecule has 3 rings (SSSR count). The summed E-state index contributed by atoms with van der Waals surface area (Å²) in [6.07, 6.45) is 0. The van der Waals surface area contributed by atoms with Crippen LogP contribution in [0.3, 0.4) is 0 Å². The van der Waals surface area contributed by atoms with Crippen LogP contribution in [-0.2, 0) is 0 Å². The number of nitrogens with two attached hydrogens (primary N) is 1. The van der Waals surface area contributed by atoms with Gasteiger partial charge in [0.1, 0.15) is 5.75 Å². The monoisotopic (exact) mass is 292 g/mol. The SMILES string of the molecule is Cc1c(C(=O)Nc2ccc(N)cc2)c(O)cc2ccccc12. The van der Waals surface area contributed by atoms with Crippen LogP contribution in [0.1, 0.15) is 15.9 Å². The first-order valence-corrected chi connectivity index (χ1v) is 6.94. The maximum absolute atomic E-state index is 12.5. The highest BCUT2D eigenvalue weighted by Gasteiger charge is 2.17. The highest BCUT2D eigenvalue weighted by atomic mass is 16.3. The van der Waals surface area contributed by atoms with E-state index in [1.807, 2.05) is 31.2 Å². The van der Waals surface area contributed by atoms with Gasteiger partial charge in [0.2, 0.25) is 0 Å². The number of anilines is 2. The second kappa shape index (κ2) is 5.41. The molecule has 0 aliphatic heterocycles. The number of benzene rings is 3. The van der Waals surface area contributed by atoms with E-state index in [1.54, 1.807) is 30.3 Å². The minimum Gasteiger partial charge on any atom is -0.507 e. The summed E-state index contributed by atoms with van der Waals surface area (Å²) in [6.45, 7) is 1.83. The van der Waals surface area contributed by atoms with Crippen molar-refractivity contribution >= 4 is 28.1 Å². The van der Waals surface area contributed by atoms with Crippen molar-refractivity contribution in [2.45, 2.75) is 6.92 Å². The Morgan fingerprint density at radius 1 is 1.09 bits per heavy atom. The zero-order valence-corrected chi connectivity index (χ0v) is 12.1. The van der Waals surface area contributed by atoms with Crippen molar-refractivity contribution in [2.24, 2.45) is 0 Å². The molecule has 0 aromatic heterocycles. The first-order valence-electron chi connectivity index (χ1n) is 6.94. The standard InChI is InChI=1S/C18H16N2O2/c1-11-15-5-3-2-4-12(15)10-16(21)17(11)18(22)20-14-8-6-13(19)7-9-14/h2-10,21H,19H2,1H3,(H,20,22). The van der Waals surface area contributed by atoms with Gasteiger partial charge in [-0.15, -0.1) is 0 Å². The van der Waals surface area contributed by atoms with E-state index in [-0.39, 0.29) is 17.2 Å². The molecule has 0 spiro atoms. The maximum Gasteiger partial charge on any atom is 0.259 e. The summed E-state index contributed by atoms with van der Waals surface area (Å²) >= 11 is 0. The fourth-order valence-electron chi connectivity index (χ4n) is 2.56. The van der Waals surface area contributed by atoms with Gasteiger partial charge >= 0.3 is 0 Å². The van der Waals surface area contributed by atoms with E-state index >= 15 is 0 Å². The van der Waals surface area contributed by atoms with E-state index < -0.39 is 0 Å². The second-order valence-electron chi connectivity index (χ2n) is 5.19. The lowest BCUT2D eigenvalue weighted by molar-refractivity contribution is 0.102. The van der Waals surface area contributed by atoms with Gasteiger partial charge in [0.15, 0.2) is 0 Å². The number of hydrogen-bond donors (Lipinski definition) is 3. The first-order chi connectivity index (χ1) is 10.6. The first kappa shape index (κ1) is 13.9. The molecule has 0 saturated heterocycles. The molecular formula is C18H16N2O2. The molecule has 22 heavy (non-hydrogen) atoms. The molecule has 4 N–H and O–H groups in total. The van der Waals surface area contributed by atoms with Crippen LogP contribution < -0.4 is 11.1 Å². The Bertz CT molecular complexity index is 855. The van der Waals surface area contributed by atoms with E-state index in [2.05, 4.69) is 5.32 Å². The zero-order chi connectivity index (χ0) is 15.7. The number of rotatable bonds is 2. The Morgan fingerprint density at radius 3 is 2.50 bits per heavy atom. The van der Waals surface area contributed by atoms with E-state index in [4.69, 9.17) is 5.73 Å². The molecule has 0 atom stereocenters. The number of fused-ring (bicyclic) bond motifs is 1. The second-order valence-corrected chi connectivity index (χ2v) is 5.19. The van der Waals surface area contributed by atoms with Crippen molar-refractivity contribution < 1.29 is 9.90 Å². The van der Waals surface area contributed by atoms with E-state index in [9.17, 15) is 9.90 Å². The Morgan fingerprint density at radius 2 is 1.77 bits per heavy atom. The smallest absolute Gasteiger partial charge is 0.259 e. The van der Waals surface area contributed by atoms with Crippen LogP contribution in [0.4, 0.5) is 11.4 Å². The number of aryl methyl sites for hydroxylation is 1. The summed E-state index contributed by atoms with van der Waals surface area (Å²) in [7, 11) is 0. The van der Waals surface area contributed by atoms with Gasteiger partial charge in [-0.05, 0) is 53.6 Å². The van der Waals surface area contributed by atoms with Crippen LogP contribution in [0.25, 0.3) is 10.8 Å². The Kier molecular flexibility index (Phi) is 3.43. The summed E-state index contributed by atoms with van der Waals surface area (Å²) < 4.78 is 0. The third kappa shape index (κ3) is 2.46. The van der Waals surface area contributed by atoms with Crippen molar-refractivity contribution in [1.82, 2.24) is 0 Å². The maximum atomic E-state index is 12.5. The summed E-state index contributed by atoms with van der Waals surface area (Å²) in [4.78, 5) is 12.5. The van der Waals surface area contributed by atoms with Crippen molar-refractivity contribution in [2.75, 3.05) is 11.1 Å². The molecule has 0 bridgehead atoms. The van der Waals surface area contributed by atoms with Gasteiger partial charge in [-0.25, -0.2) is 0 Å². The van der Waals surface area contributed by atoms with Crippen LogP contribution in [0.15, 0.2) is 54.6 Å². The molecule has 0 fully saturated rings. The molecular weight excluding hydrogens is 276 g/mol. The Labute approximate surface area is 128 Å². The lowest BCUT2D eigenvalue weighted by Gasteiger charge is -2.12. The number of phenols is 1. The van der Waals surface area contributed by atoms with E-state index in [0.29, 0.717) is 11.4 Å². The normalized spacial score (nSPS) is 10.6. The molecule has 0 saturated carbocycles. The molecule has 3 aromatic carbocycles. The zero-order valence-electron chi connectivity index (χ0n) is 12.1. The highest BCUT2D eigenvalue weighted by molar-refractivity contribution is 6.10. The van der Waals surface area contributed by atoms with Crippen molar-refractivity contribution in [1.29, 1.82) is 0 Å². The summed E-state index contributed by atoms with van der Waals surface area (Å²) in [6, 6.07) is 16.1. The number of nitrogens with one attached hydrogen (secondary N) is 1. The van der Waals surface area contributed by atoms with Crippen LogP contribution >= 0.6 is 0 Å². The van der Waals surface area contributed by atoms with Gasteiger partial charge < -0.3 is 16.2 Å².